The molecule has 2 N–H and O–H groups in total. The lowest BCUT2D eigenvalue weighted by Crippen LogP contribution is -2.49. The van der Waals surface area contributed by atoms with Gasteiger partial charge in [-0.25, -0.2) is 9.78 Å². The first kappa shape index (κ1) is 12.0. The van der Waals surface area contributed by atoms with Crippen LogP contribution in [0.1, 0.15) is 13.3 Å². The molecule has 4 amide bonds. The van der Waals surface area contributed by atoms with Crippen LogP contribution in [0.15, 0.2) is 18.3 Å². The van der Waals surface area contributed by atoms with Gasteiger partial charge in [0, 0.05) is 32.2 Å². The average molecular weight is 248 g/mol. The van der Waals surface area contributed by atoms with Crippen LogP contribution in [-0.4, -0.2) is 29.4 Å². The van der Waals surface area contributed by atoms with Crippen molar-refractivity contribution in [3.05, 3.63) is 18.3 Å². The zero-order chi connectivity index (χ0) is 13.1. The molecular weight excluding hydrogens is 236 g/mol. The second-order valence-corrected chi connectivity index (χ2v) is 3.84. The van der Waals surface area contributed by atoms with Crippen molar-refractivity contribution in [3.8, 4) is 0 Å². The zero-order valence-electron chi connectivity index (χ0n) is 9.77. The Balaban J connectivity index is 2.20. The van der Waals surface area contributed by atoms with Crippen LogP contribution in [-0.2, 0) is 9.59 Å². The topological polar surface area (TPSA) is 91.4 Å². The maximum atomic E-state index is 11.6. The Morgan fingerprint density at radius 3 is 2.94 bits per heavy atom. The van der Waals surface area contributed by atoms with E-state index in [1.54, 1.807) is 12.1 Å². The second-order valence-electron chi connectivity index (χ2n) is 3.84. The van der Waals surface area contributed by atoms with Gasteiger partial charge in [0.15, 0.2) is 0 Å². The van der Waals surface area contributed by atoms with Crippen molar-refractivity contribution < 1.29 is 14.4 Å². The van der Waals surface area contributed by atoms with E-state index in [2.05, 4.69) is 15.6 Å². The monoisotopic (exact) mass is 248 g/mol. The van der Waals surface area contributed by atoms with E-state index in [9.17, 15) is 14.4 Å². The molecule has 0 radical (unpaired) electrons. The SMILES string of the molecule is CC(=O)Nc1cc(N2CCC(=O)NC2=O)ccn1. The van der Waals surface area contributed by atoms with E-state index >= 15 is 0 Å². The fraction of sp³-hybridized carbons (Fsp3) is 0.273. The van der Waals surface area contributed by atoms with Gasteiger partial charge in [-0.15, -0.1) is 0 Å². The Bertz CT molecular complexity index is 515. The van der Waals surface area contributed by atoms with Gasteiger partial charge in [-0.3, -0.25) is 19.8 Å². The van der Waals surface area contributed by atoms with E-state index in [0.717, 1.165) is 0 Å². The zero-order valence-corrected chi connectivity index (χ0v) is 9.77. The number of urea groups is 1. The Morgan fingerprint density at radius 1 is 1.50 bits per heavy atom. The lowest BCUT2D eigenvalue weighted by atomic mass is 10.2. The van der Waals surface area contributed by atoms with Crippen molar-refractivity contribution >= 4 is 29.4 Å². The summed E-state index contributed by atoms with van der Waals surface area (Å²) >= 11 is 0. The van der Waals surface area contributed by atoms with Crippen LogP contribution in [0, 0.1) is 0 Å². The van der Waals surface area contributed by atoms with Gasteiger partial charge in [-0.05, 0) is 6.07 Å². The minimum Gasteiger partial charge on any atom is -0.311 e. The Hall–Kier alpha value is -2.44. The molecule has 0 aliphatic carbocycles. The average Bonchev–Trinajstić information content (AvgIpc) is 2.28. The highest BCUT2D eigenvalue weighted by atomic mass is 16.2. The number of pyridine rings is 1. The van der Waals surface area contributed by atoms with Crippen molar-refractivity contribution in [1.29, 1.82) is 0 Å². The van der Waals surface area contributed by atoms with Crippen LogP contribution >= 0.6 is 0 Å². The number of nitrogens with zero attached hydrogens (tertiary/aromatic N) is 2. The molecule has 0 atom stereocenters. The summed E-state index contributed by atoms with van der Waals surface area (Å²) in [6.45, 7) is 1.69. The summed E-state index contributed by atoms with van der Waals surface area (Å²) in [6.07, 6.45) is 1.74. The van der Waals surface area contributed by atoms with Gasteiger partial charge in [-0.1, -0.05) is 0 Å². The number of amides is 4. The largest absolute Gasteiger partial charge is 0.328 e. The predicted octanol–water partition coefficient (Wildman–Crippen LogP) is 0.486. The van der Waals surface area contributed by atoms with Crippen molar-refractivity contribution in [2.75, 3.05) is 16.8 Å². The van der Waals surface area contributed by atoms with Crippen LogP contribution < -0.4 is 15.5 Å². The van der Waals surface area contributed by atoms with Gasteiger partial charge in [0.2, 0.25) is 11.8 Å². The minimum atomic E-state index is -0.466. The first-order valence-corrected chi connectivity index (χ1v) is 5.41. The van der Waals surface area contributed by atoms with Crippen molar-refractivity contribution in [1.82, 2.24) is 10.3 Å². The van der Waals surface area contributed by atoms with E-state index in [1.807, 2.05) is 0 Å². The molecule has 1 saturated heterocycles. The molecule has 1 aliphatic heterocycles. The van der Waals surface area contributed by atoms with Crippen LogP contribution in [0.5, 0.6) is 0 Å². The molecule has 0 saturated carbocycles. The summed E-state index contributed by atoms with van der Waals surface area (Å²) in [5.74, 6) is -0.157. The molecule has 2 heterocycles. The fourth-order valence-corrected chi connectivity index (χ4v) is 1.65. The number of carbonyl (C=O) groups is 3. The summed E-state index contributed by atoms with van der Waals surface area (Å²) in [7, 11) is 0. The Labute approximate surface area is 103 Å². The standard InChI is InChI=1S/C11H12N4O3/c1-7(16)13-9-6-8(2-4-12-9)15-5-3-10(17)14-11(15)18/h2,4,6H,3,5H2,1H3,(H,12,13,16)(H,14,17,18). The lowest BCUT2D eigenvalue weighted by molar-refractivity contribution is -0.120. The van der Waals surface area contributed by atoms with Crippen molar-refractivity contribution in [3.63, 3.8) is 0 Å². The highest BCUT2D eigenvalue weighted by Crippen LogP contribution is 2.19. The number of hydrogen-bond donors (Lipinski definition) is 2. The van der Waals surface area contributed by atoms with E-state index in [-0.39, 0.29) is 18.2 Å². The third kappa shape index (κ3) is 2.62. The molecule has 1 aromatic rings. The number of imide groups is 1. The maximum Gasteiger partial charge on any atom is 0.328 e. The molecule has 0 spiro atoms. The highest BCUT2D eigenvalue weighted by Gasteiger charge is 2.24. The van der Waals surface area contributed by atoms with Crippen LogP contribution in [0.3, 0.4) is 0 Å². The van der Waals surface area contributed by atoms with Crippen LogP contribution in [0.25, 0.3) is 0 Å². The van der Waals surface area contributed by atoms with Gasteiger partial charge in [0.1, 0.15) is 5.82 Å². The summed E-state index contributed by atoms with van der Waals surface area (Å²) in [4.78, 5) is 39.0. The van der Waals surface area contributed by atoms with Gasteiger partial charge in [-0.2, -0.15) is 0 Å². The molecule has 94 valence electrons. The smallest absolute Gasteiger partial charge is 0.311 e. The van der Waals surface area contributed by atoms with Crippen molar-refractivity contribution in [2.45, 2.75) is 13.3 Å². The summed E-state index contributed by atoms with van der Waals surface area (Å²) in [5.41, 5.74) is 0.582. The molecule has 18 heavy (non-hydrogen) atoms. The van der Waals surface area contributed by atoms with Crippen LogP contribution in [0.4, 0.5) is 16.3 Å². The van der Waals surface area contributed by atoms with Gasteiger partial charge >= 0.3 is 6.03 Å². The van der Waals surface area contributed by atoms with Gasteiger partial charge in [0.05, 0.1) is 5.69 Å². The molecule has 7 heteroatoms. The number of nitrogens with one attached hydrogen (secondary N) is 2. The quantitative estimate of drug-likeness (QED) is 0.796. The normalized spacial score (nSPS) is 15.3. The third-order valence-corrected chi connectivity index (χ3v) is 2.41. The van der Waals surface area contributed by atoms with E-state index < -0.39 is 6.03 Å². The molecule has 1 aromatic heterocycles. The fourth-order valence-electron chi connectivity index (χ4n) is 1.65. The number of rotatable bonds is 2. The summed E-state index contributed by atoms with van der Waals surface area (Å²) in [5, 5.41) is 4.76. The minimum absolute atomic E-state index is 0.238. The summed E-state index contributed by atoms with van der Waals surface area (Å²) in [6, 6.07) is 2.75. The molecule has 1 fully saturated rings. The Kier molecular flexibility index (Phi) is 3.22. The highest BCUT2D eigenvalue weighted by molar-refractivity contribution is 6.05. The van der Waals surface area contributed by atoms with Gasteiger partial charge in [0.25, 0.3) is 0 Å². The molecule has 0 aromatic carbocycles. The molecule has 1 aliphatic rings. The second kappa shape index (κ2) is 4.82. The van der Waals surface area contributed by atoms with E-state index in [4.69, 9.17) is 0 Å². The molecular formula is C11H12N4O3. The first-order valence-electron chi connectivity index (χ1n) is 5.41. The number of aromatic nitrogens is 1. The van der Waals surface area contributed by atoms with Crippen molar-refractivity contribution in [2.24, 2.45) is 0 Å². The number of anilines is 2. The van der Waals surface area contributed by atoms with Gasteiger partial charge < -0.3 is 5.32 Å². The van der Waals surface area contributed by atoms with E-state index in [0.29, 0.717) is 18.1 Å². The first-order chi connectivity index (χ1) is 8.56. The summed E-state index contributed by atoms with van der Waals surface area (Å²) < 4.78 is 0. The Morgan fingerprint density at radius 2 is 2.28 bits per heavy atom. The van der Waals surface area contributed by atoms with Crippen LogP contribution in [0.2, 0.25) is 0 Å². The predicted molar refractivity (Wildman–Crippen MR) is 64.0 cm³/mol. The van der Waals surface area contributed by atoms with E-state index in [1.165, 1.54) is 18.0 Å². The number of hydrogen-bond acceptors (Lipinski definition) is 4. The lowest BCUT2D eigenvalue weighted by Gasteiger charge is -2.26. The molecule has 0 bridgehead atoms. The molecule has 0 unspecified atom stereocenters. The molecule has 7 nitrogen and oxygen atoms in total. The third-order valence-electron chi connectivity index (χ3n) is 2.41. The number of carbonyl (C=O) groups excluding carboxylic acids is 3. The maximum absolute atomic E-state index is 11.6. The molecule has 2 rings (SSSR count).